The highest BCUT2D eigenvalue weighted by Gasteiger charge is 2.19. The number of carbonyl (C=O) groups excluding carboxylic acids is 3. The first-order chi connectivity index (χ1) is 29.9. The SMILES string of the molecule is CCCCCCCCCCCCCCCCCCCC(=O)O[C@@H](COC(=O)CCCCCCCCCCCCCCCC)COC(=O)CCCCCCCCCCCC(C)C. The standard InChI is InChI=1S/C55H106O6/c1-5-7-9-11-13-15-17-19-21-22-23-25-27-31-36-40-44-48-55(58)61-52(50-60-54(57)47-43-39-35-32-28-29-33-37-41-45-51(3)4)49-59-53(56)46-42-38-34-30-26-24-20-18-16-14-12-10-8-6-2/h51-52H,5-50H2,1-4H3/t52-/m0/s1. The summed E-state index contributed by atoms with van der Waals surface area (Å²) in [4.78, 5) is 38.0. The molecule has 6 nitrogen and oxygen atoms in total. The lowest BCUT2D eigenvalue weighted by atomic mass is 10.0. The maximum Gasteiger partial charge on any atom is 0.306 e. The van der Waals surface area contributed by atoms with Crippen molar-refractivity contribution in [2.45, 2.75) is 316 Å². The van der Waals surface area contributed by atoms with E-state index in [9.17, 15) is 14.4 Å². The van der Waals surface area contributed by atoms with Gasteiger partial charge >= 0.3 is 17.9 Å². The summed E-state index contributed by atoms with van der Waals surface area (Å²) in [6.07, 6.45) is 52.3. The van der Waals surface area contributed by atoms with E-state index in [2.05, 4.69) is 27.7 Å². The van der Waals surface area contributed by atoms with Crippen LogP contribution in [0.2, 0.25) is 0 Å². The van der Waals surface area contributed by atoms with Crippen LogP contribution in [-0.4, -0.2) is 37.2 Å². The molecule has 0 bridgehead atoms. The normalized spacial score (nSPS) is 12.0. The van der Waals surface area contributed by atoms with Crippen LogP contribution < -0.4 is 0 Å². The molecule has 0 saturated heterocycles. The minimum atomic E-state index is -0.761. The van der Waals surface area contributed by atoms with Gasteiger partial charge in [0.05, 0.1) is 0 Å². The lowest BCUT2D eigenvalue weighted by molar-refractivity contribution is -0.167. The number of hydrogen-bond donors (Lipinski definition) is 0. The average Bonchev–Trinajstić information content (AvgIpc) is 3.24. The smallest absolute Gasteiger partial charge is 0.306 e. The highest BCUT2D eigenvalue weighted by molar-refractivity contribution is 5.71. The summed E-state index contributed by atoms with van der Waals surface area (Å²) in [7, 11) is 0. The van der Waals surface area contributed by atoms with Gasteiger partial charge in [0.25, 0.3) is 0 Å². The van der Waals surface area contributed by atoms with E-state index in [1.54, 1.807) is 0 Å². The first kappa shape index (κ1) is 59.4. The van der Waals surface area contributed by atoms with Crippen LogP contribution in [0, 0.1) is 5.92 Å². The third-order valence-corrected chi connectivity index (χ3v) is 12.5. The van der Waals surface area contributed by atoms with Gasteiger partial charge in [-0.05, 0) is 25.2 Å². The molecular weight excluding hydrogens is 757 g/mol. The fraction of sp³-hybridized carbons (Fsp3) is 0.945. The summed E-state index contributed by atoms with van der Waals surface area (Å²) >= 11 is 0. The van der Waals surface area contributed by atoms with Gasteiger partial charge in [0, 0.05) is 19.3 Å². The molecule has 0 aliphatic carbocycles. The zero-order valence-corrected chi connectivity index (χ0v) is 41.6. The molecule has 61 heavy (non-hydrogen) atoms. The Kier molecular flexibility index (Phi) is 48.1. The van der Waals surface area contributed by atoms with Gasteiger partial charge in [-0.1, -0.05) is 272 Å². The van der Waals surface area contributed by atoms with Crippen LogP contribution >= 0.6 is 0 Å². The Balaban J connectivity index is 4.29. The van der Waals surface area contributed by atoms with Crippen molar-refractivity contribution in [2.75, 3.05) is 13.2 Å². The molecule has 362 valence electrons. The molecule has 0 aromatic heterocycles. The molecule has 0 aromatic carbocycles. The fourth-order valence-electron chi connectivity index (χ4n) is 8.39. The minimum absolute atomic E-state index is 0.0625. The number of esters is 3. The lowest BCUT2D eigenvalue weighted by Crippen LogP contribution is -2.30. The number of rotatable bonds is 50. The first-order valence-electron chi connectivity index (χ1n) is 27.4. The van der Waals surface area contributed by atoms with Crippen molar-refractivity contribution in [3.63, 3.8) is 0 Å². The van der Waals surface area contributed by atoms with Gasteiger partial charge < -0.3 is 14.2 Å². The van der Waals surface area contributed by atoms with Gasteiger partial charge in [0.15, 0.2) is 6.10 Å². The maximum atomic E-state index is 12.8. The van der Waals surface area contributed by atoms with E-state index in [4.69, 9.17) is 14.2 Å². The second-order valence-corrected chi connectivity index (χ2v) is 19.3. The van der Waals surface area contributed by atoms with Gasteiger partial charge in [0.1, 0.15) is 13.2 Å². The molecule has 6 heteroatoms. The number of ether oxygens (including phenoxy) is 3. The molecule has 0 radical (unpaired) electrons. The molecule has 0 amide bonds. The van der Waals surface area contributed by atoms with Crippen LogP contribution in [0.5, 0.6) is 0 Å². The number of unbranched alkanes of at least 4 members (excludes halogenated alkanes) is 37. The molecule has 0 N–H and O–H groups in total. The minimum Gasteiger partial charge on any atom is -0.462 e. The summed E-state index contributed by atoms with van der Waals surface area (Å²) in [6, 6.07) is 0. The van der Waals surface area contributed by atoms with Crippen LogP contribution in [0.3, 0.4) is 0 Å². The van der Waals surface area contributed by atoms with Crippen LogP contribution in [0.25, 0.3) is 0 Å². The molecule has 0 aliphatic rings. The van der Waals surface area contributed by atoms with Crippen LogP contribution in [0.15, 0.2) is 0 Å². The van der Waals surface area contributed by atoms with Gasteiger partial charge in [0.2, 0.25) is 0 Å². The van der Waals surface area contributed by atoms with Crippen LogP contribution in [0.4, 0.5) is 0 Å². The van der Waals surface area contributed by atoms with Crippen LogP contribution in [0.1, 0.15) is 310 Å². The first-order valence-corrected chi connectivity index (χ1v) is 27.4. The van der Waals surface area contributed by atoms with E-state index >= 15 is 0 Å². The predicted molar refractivity (Wildman–Crippen MR) is 261 cm³/mol. The Bertz CT molecular complexity index is 918. The van der Waals surface area contributed by atoms with Gasteiger partial charge in [-0.15, -0.1) is 0 Å². The lowest BCUT2D eigenvalue weighted by Gasteiger charge is -2.18. The van der Waals surface area contributed by atoms with Gasteiger partial charge in [-0.2, -0.15) is 0 Å². The summed E-state index contributed by atoms with van der Waals surface area (Å²) in [5.74, 6) is -0.0323. The zero-order valence-electron chi connectivity index (χ0n) is 41.6. The van der Waals surface area contributed by atoms with Crippen molar-refractivity contribution in [3.8, 4) is 0 Å². The maximum absolute atomic E-state index is 12.8. The Hall–Kier alpha value is -1.59. The monoisotopic (exact) mass is 863 g/mol. The second kappa shape index (κ2) is 49.4. The average molecular weight is 863 g/mol. The van der Waals surface area contributed by atoms with Crippen molar-refractivity contribution in [1.82, 2.24) is 0 Å². The zero-order chi connectivity index (χ0) is 44.5. The van der Waals surface area contributed by atoms with E-state index in [0.29, 0.717) is 19.3 Å². The van der Waals surface area contributed by atoms with Gasteiger partial charge in [-0.3, -0.25) is 14.4 Å². The Labute approximate surface area is 380 Å². The van der Waals surface area contributed by atoms with Gasteiger partial charge in [-0.25, -0.2) is 0 Å². The van der Waals surface area contributed by atoms with E-state index in [1.807, 2.05) is 0 Å². The highest BCUT2D eigenvalue weighted by Crippen LogP contribution is 2.17. The molecular formula is C55H106O6. The van der Waals surface area contributed by atoms with E-state index in [1.165, 1.54) is 205 Å². The molecule has 0 heterocycles. The molecule has 0 unspecified atom stereocenters. The molecule has 1 atom stereocenters. The Morgan fingerprint density at radius 2 is 0.541 bits per heavy atom. The van der Waals surface area contributed by atoms with Crippen molar-refractivity contribution >= 4 is 17.9 Å². The van der Waals surface area contributed by atoms with E-state index in [-0.39, 0.29) is 31.1 Å². The molecule has 0 spiro atoms. The summed E-state index contributed by atoms with van der Waals surface area (Å²) < 4.78 is 16.8. The number of carbonyl (C=O) groups is 3. The molecule has 0 saturated carbocycles. The highest BCUT2D eigenvalue weighted by atomic mass is 16.6. The van der Waals surface area contributed by atoms with Crippen molar-refractivity contribution in [3.05, 3.63) is 0 Å². The van der Waals surface area contributed by atoms with E-state index in [0.717, 1.165) is 63.7 Å². The fourth-order valence-corrected chi connectivity index (χ4v) is 8.39. The molecule has 0 fully saturated rings. The second-order valence-electron chi connectivity index (χ2n) is 19.3. The topological polar surface area (TPSA) is 78.9 Å². The quantitative estimate of drug-likeness (QED) is 0.0344. The third kappa shape index (κ3) is 49.3. The largest absolute Gasteiger partial charge is 0.462 e. The summed E-state index contributed by atoms with van der Waals surface area (Å²) in [5.41, 5.74) is 0. The molecule has 0 aliphatic heterocycles. The van der Waals surface area contributed by atoms with Crippen LogP contribution in [-0.2, 0) is 28.6 Å². The third-order valence-electron chi connectivity index (χ3n) is 12.5. The van der Waals surface area contributed by atoms with E-state index < -0.39 is 6.10 Å². The molecule has 0 aromatic rings. The Morgan fingerprint density at radius 3 is 0.803 bits per heavy atom. The summed E-state index contributed by atoms with van der Waals surface area (Å²) in [5, 5.41) is 0. The van der Waals surface area contributed by atoms with Crippen molar-refractivity contribution in [1.29, 1.82) is 0 Å². The predicted octanol–water partition coefficient (Wildman–Crippen LogP) is 17.8. The van der Waals surface area contributed by atoms with Crippen molar-refractivity contribution in [2.24, 2.45) is 5.92 Å². The van der Waals surface area contributed by atoms with Crippen molar-refractivity contribution < 1.29 is 28.6 Å². The number of hydrogen-bond acceptors (Lipinski definition) is 6. The Morgan fingerprint density at radius 1 is 0.311 bits per heavy atom. The summed E-state index contributed by atoms with van der Waals surface area (Å²) in [6.45, 7) is 9.02. The molecule has 0 rings (SSSR count).